The van der Waals surface area contributed by atoms with Crippen molar-refractivity contribution in [2.75, 3.05) is 6.61 Å². The molecule has 0 amide bonds. The van der Waals surface area contributed by atoms with E-state index in [0.29, 0.717) is 13.2 Å². The van der Waals surface area contributed by atoms with Gasteiger partial charge in [0.25, 0.3) is 0 Å². The summed E-state index contributed by atoms with van der Waals surface area (Å²) in [4.78, 5) is 0. The lowest BCUT2D eigenvalue weighted by Crippen LogP contribution is -2.14. The van der Waals surface area contributed by atoms with E-state index in [1.54, 1.807) is 6.26 Å². The van der Waals surface area contributed by atoms with Crippen LogP contribution in [0, 0.1) is 0 Å². The fourth-order valence-corrected chi connectivity index (χ4v) is 1.11. The van der Waals surface area contributed by atoms with Crippen molar-refractivity contribution in [2.24, 2.45) is 0 Å². The lowest BCUT2D eigenvalue weighted by Gasteiger charge is -2.08. The van der Waals surface area contributed by atoms with E-state index in [4.69, 9.17) is 9.15 Å². The van der Waals surface area contributed by atoms with Crippen LogP contribution in [-0.2, 0) is 11.3 Å². The average molecular weight is 184 g/mol. The maximum atomic E-state index is 9.32. The zero-order valence-corrected chi connectivity index (χ0v) is 7.90. The fourth-order valence-electron chi connectivity index (χ4n) is 1.11. The first kappa shape index (κ1) is 10.3. The molecule has 1 aromatic rings. The summed E-state index contributed by atoms with van der Waals surface area (Å²) < 4.78 is 10.3. The van der Waals surface area contributed by atoms with E-state index in [1.807, 2.05) is 19.1 Å². The van der Waals surface area contributed by atoms with Crippen molar-refractivity contribution in [2.45, 2.75) is 32.5 Å². The summed E-state index contributed by atoms with van der Waals surface area (Å²) in [6, 6.07) is 3.67. The Morgan fingerprint density at radius 2 is 2.46 bits per heavy atom. The Morgan fingerprint density at radius 1 is 1.62 bits per heavy atom. The van der Waals surface area contributed by atoms with E-state index in [2.05, 4.69) is 0 Å². The third kappa shape index (κ3) is 4.10. The van der Waals surface area contributed by atoms with Crippen molar-refractivity contribution in [1.29, 1.82) is 0 Å². The molecule has 0 radical (unpaired) electrons. The summed E-state index contributed by atoms with van der Waals surface area (Å²) in [7, 11) is 0. The lowest BCUT2D eigenvalue weighted by molar-refractivity contribution is 0.0183. The molecule has 0 bridgehead atoms. The highest BCUT2D eigenvalue weighted by Gasteiger charge is 2.03. The maximum absolute atomic E-state index is 9.32. The fraction of sp³-hybridized carbons (Fsp3) is 0.600. The van der Waals surface area contributed by atoms with Gasteiger partial charge in [-0.2, -0.15) is 0 Å². The summed E-state index contributed by atoms with van der Waals surface area (Å²) >= 11 is 0. The number of hydrogen-bond donors (Lipinski definition) is 1. The Labute approximate surface area is 78.3 Å². The Balaban J connectivity index is 2.07. The summed E-state index contributed by atoms with van der Waals surface area (Å²) in [6.45, 7) is 2.86. The number of hydrogen-bond acceptors (Lipinski definition) is 3. The number of aliphatic hydroxyl groups is 1. The van der Waals surface area contributed by atoms with Crippen LogP contribution in [0.3, 0.4) is 0 Å². The van der Waals surface area contributed by atoms with Gasteiger partial charge in [-0.05, 0) is 18.6 Å². The molecule has 1 N–H and O–H groups in total. The maximum Gasteiger partial charge on any atom is 0.129 e. The molecule has 1 aromatic heterocycles. The molecule has 0 fully saturated rings. The molecule has 74 valence electrons. The van der Waals surface area contributed by atoms with Crippen molar-refractivity contribution in [3.63, 3.8) is 0 Å². The number of aliphatic hydroxyl groups excluding tert-OH is 1. The van der Waals surface area contributed by atoms with Crippen LogP contribution in [0.1, 0.15) is 25.5 Å². The van der Waals surface area contributed by atoms with Crippen LogP contribution in [-0.4, -0.2) is 17.8 Å². The summed E-state index contributed by atoms with van der Waals surface area (Å²) in [5.74, 6) is 0.795. The standard InChI is InChI=1S/C10H16O3/c1-2-4-9(11)7-12-8-10-5-3-6-13-10/h3,5-6,9,11H,2,4,7-8H2,1H3. The van der Waals surface area contributed by atoms with E-state index >= 15 is 0 Å². The normalized spacial score (nSPS) is 13.1. The average Bonchev–Trinajstić information content (AvgIpc) is 2.57. The molecule has 1 atom stereocenters. The number of rotatable bonds is 6. The van der Waals surface area contributed by atoms with Crippen molar-refractivity contribution < 1.29 is 14.3 Å². The summed E-state index contributed by atoms with van der Waals surface area (Å²) in [5.41, 5.74) is 0. The molecule has 0 saturated carbocycles. The second-order valence-electron chi connectivity index (χ2n) is 3.04. The molecule has 0 saturated heterocycles. The second-order valence-corrected chi connectivity index (χ2v) is 3.04. The van der Waals surface area contributed by atoms with Crippen molar-refractivity contribution in [3.05, 3.63) is 24.2 Å². The Bertz CT molecular complexity index is 206. The predicted octanol–water partition coefficient (Wildman–Crippen LogP) is 1.96. The summed E-state index contributed by atoms with van der Waals surface area (Å²) in [6.07, 6.45) is 3.03. The monoisotopic (exact) mass is 184 g/mol. The van der Waals surface area contributed by atoms with Crippen LogP contribution in [0.4, 0.5) is 0 Å². The predicted molar refractivity (Wildman–Crippen MR) is 49.3 cm³/mol. The highest BCUT2D eigenvalue weighted by molar-refractivity contribution is 4.95. The van der Waals surface area contributed by atoms with E-state index in [9.17, 15) is 5.11 Å². The van der Waals surface area contributed by atoms with Gasteiger partial charge in [0.1, 0.15) is 12.4 Å². The molecule has 0 aliphatic rings. The highest BCUT2D eigenvalue weighted by Crippen LogP contribution is 2.03. The Kier molecular flexibility index (Phi) is 4.57. The minimum absolute atomic E-state index is 0.347. The minimum Gasteiger partial charge on any atom is -0.467 e. The zero-order valence-electron chi connectivity index (χ0n) is 7.90. The van der Waals surface area contributed by atoms with Gasteiger partial charge in [-0.25, -0.2) is 0 Å². The summed E-state index contributed by atoms with van der Waals surface area (Å²) in [5, 5.41) is 9.32. The Hall–Kier alpha value is -0.800. The Morgan fingerprint density at radius 3 is 3.08 bits per heavy atom. The van der Waals surface area contributed by atoms with Gasteiger partial charge in [0, 0.05) is 0 Å². The minimum atomic E-state index is -0.347. The van der Waals surface area contributed by atoms with Crippen molar-refractivity contribution >= 4 is 0 Å². The lowest BCUT2D eigenvalue weighted by atomic mass is 10.2. The molecule has 1 rings (SSSR count). The van der Waals surface area contributed by atoms with Gasteiger partial charge in [0.2, 0.25) is 0 Å². The first-order chi connectivity index (χ1) is 6.33. The smallest absolute Gasteiger partial charge is 0.129 e. The van der Waals surface area contributed by atoms with E-state index in [-0.39, 0.29) is 6.10 Å². The van der Waals surface area contributed by atoms with Crippen molar-refractivity contribution in [1.82, 2.24) is 0 Å². The van der Waals surface area contributed by atoms with Crippen LogP contribution in [0.2, 0.25) is 0 Å². The van der Waals surface area contributed by atoms with Crippen LogP contribution in [0.15, 0.2) is 22.8 Å². The number of furan rings is 1. The third-order valence-corrected chi connectivity index (χ3v) is 1.76. The van der Waals surface area contributed by atoms with Gasteiger partial charge in [0.05, 0.1) is 19.0 Å². The van der Waals surface area contributed by atoms with Crippen LogP contribution in [0.25, 0.3) is 0 Å². The van der Waals surface area contributed by atoms with Gasteiger partial charge in [0.15, 0.2) is 0 Å². The molecule has 3 heteroatoms. The highest BCUT2D eigenvalue weighted by atomic mass is 16.5. The molecule has 0 aromatic carbocycles. The molecule has 0 aliphatic heterocycles. The van der Waals surface area contributed by atoms with Gasteiger partial charge in [-0.15, -0.1) is 0 Å². The van der Waals surface area contributed by atoms with E-state index < -0.39 is 0 Å². The number of ether oxygens (including phenoxy) is 1. The van der Waals surface area contributed by atoms with Gasteiger partial charge in [-0.1, -0.05) is 13.3 Å². The van der Waals surface area contributed by atoms with Crippen LogP contribution >= 0.6 is 0 Å². The van der Waals surface area contributed by atoms with Crippen molar-refractivity contribution in [3.8, 4) is 0 Å². The molecular formula is C10H16O3. The largest absolute Gasteiger partial charge is 0.467 e. The zero-order chi connectivity index (χ0) is 9.52. The molecular weight excluding hydrogens is 168 g/mol. The van der Waals surface area contributed by atoms with Gasteiger partial charge < -0.3 is 14.3 Å². The van der Waals surface area contributed by atoms with E-state index in [0.717, 1.165) is 18.6 Å². The first-order valence-corrected chi connectivity index (χ1v) is 4.61. The molecule has 0 aliphatic carbocycles. The van der Waals surface area contributed by atoms with Gasteiger partial charge >= 0.3 is 0 Å². The molecule has 1 unspecified atom stereocenters. The van der Waals surface area contributed by atoms with Crippen LogP contribution in [0.5, 0.6) is 0 Å². The second kappa shape index (κ2) is 5.78. The topological polar surface area (TPSA) is 42.6 Å². The molecule has 13 heavy (non-hydrogen) atoms. The molecule has 1 heterocycles. The molecule has 3 nitrogen and oxygen atoms in total. The van der Waals surface area contributed by atoms with E-state index in [1.165, 1.54) is 0 Å². The molecule has 0 spiro atoms. The third-order valence-electron chi connectivity index (χ3n) is 1.76. The quantitative estimate of drug-likeness (QED) is 0.734. The first-order valence-electron chi connectivity index (χ1n) is 4.61. The SMILES string of the molecule is CCCC(O)COCc1ccco1. The van der Waals surface area contributed by atoms with Gasteiger partial charge in [-0.3, -0.25) is 0 Å². The van der Waals surface area contributed by atoms with Crippen LogP contribution < -0.4 is 0 Å².